The summed E-state index contributed by atoms with van der Waals surface area (Å²) < 4.78 is 18.7. The van der Waals surface area contributed by atoms with Crippen molar-refractivity contribution in [3.63, 3.8) is 0 Å². The van der Waals surface area contributed by atoms with E-state index in [1.807, 2.05) is 13.8 Å². The van der Waals surface area contributed by atoms with Gasteiger partial charge in [-0.15, -0.1) is 10.2 Å². The number of piperidine rings is 1. The number of nitrogens with zero attached hydrogens (tertiary/aromatic N) is 4. The zero-order chi connectivity index (χ0) is 20.2. The van der Waals surface area contributed by atoms with Crippen molar-refractivity contribution in [1.82, 2.24) is 20.1 Å². The lowest BCUT2D eigenvalue weighted by Gasteiger charge is -2.31. The van der Waals surface area contributed by atoms with Gasteiger partial charge in [0.2, 0.25) is 11.0 Å². The molecule has 4 rings (SSSR count). The number of aromatic nitrogens is 3. The quantitative estimate of drug-likeness (QED) is 0.624. The Morgan fingerprint density at radius 2 is 1.93 bits per heavy atom. The molecule has 154 valence electrons. The van der Waals surface area contributed by atoms with E-state index >= 15 is 0 Å². The van der Waals surface area contributed by atoms with Gasteiger partial charge in [-0.05, 0) is 63.4 Å². The molecule has 0 atom stereocenters. The summed E-state index contributed by atoms with van der Waals surface area (Å²) in [5.41, 5.74) is 2.02. The third-order valence-electron chi connectivity index (χ3n) is 5.42. The van der Waals surface area contributed by atoms with Gasteiger partial charge in [0.05, 0.1) is 12.2 Å². The molecular formula is C21H26FN5OS. The van der Waals surface area contributed by atoms with Gasteiger partial charge in [-0.1, -0.05) is 23.5 Å². The van der Waals surface area contributed by atoms with E-state index in [1.165, 1.54) is 12.1 Å². The van der Waals surface area contributed by atoms with Crippen molar-refractivity contribution in [1.29, 1.82) is 0 Å². The van der Waals surface area contributed by atoms with Gasteiger partial charge in [-0.25, -0.2) is 9.37 Å². The number of hydrogen-bond donors (Lipinski definition) is 1. The van der Waals surface area contributed by atoms with Crippen LogP contribution in [0, 0.1) is 25.6 Å². The van der Waals surface area contributed by atoms with Gasteiger partial charge in [0.25, 0.3) is 0 Å². The Labute approximate surface area is 174 Å². The topological polar surface area (TPSA) is 67.1 Å². The minimum atomic E-state index is -0.218. The van der Waals surface area contributed by atoms with E-state index in [0.29, 0.717) is 12.3 Å². The Hall–Kier alpha value is -2.32. The standard InChI is InChI=1S/C21H26FN5OS/c1-14-15(2)28-19(24-14)13-27-9-7-17(8-10-27)12-23-21-26-25-20(29-21)11-16-3-5-18(22)6-4-16/h3-6,17H,7-13H2,1-2H3,(H,23,26). The van der Waals surface area contributed by atoms with E-state index < -0.39 is 0 Å². The Morgan fingerprint density at radius 1 is 1.17 bits per heavy atom. The number of benzene rings is 1. The van der Waals surface area contributed by atoms with Crippen LogP contribution in [0.3, 0.4) is 0 Å². The minimum absolute atomic E-state index is 0.218. The van der Waals surface area contributed by atoms with Gasteiger partial charge < -0.3 is 9.73 Å². The van der Waals surface area contributed by atoms with Crippen LogP contribution in [0.4, 0.5) is 9.52 Å². The highest BCUT2D eigenvalue weighted by molar-refractivity contribution is 7.15. The van der Waals surface area contributed by atoms with Crippen molar-refractivity contribution >= 4 is 16.5 Å². The maximum atomic E-state index is 13.0. The summed E-state index contributed by atoms with van der Waals surface area (Å²) in [5, 5.41) is 13.7. The fourth-order valence-electron chi connectivity index (χ4n) is 3.55. The molecule has 3 aromatic rings. The molecule has 3 heterocycles. The average Bonchev–Trinajstić information content (AvgIpc) is 3.29. The van der Waals surface area contributed by atoms with E-state index in [-0.39, 0.29) is 5.82 Å². The molecule has 0 amide bonds. The second-order valence-electron chi connectivity index (χ2n) is 7.65. The molecule has 0 unspecified atom stereocenters. The van der Waals surface area contributed by atoms with Crippen LogP contribution in [-0.4, -0.2) is 39.7 Å². The molecule has 1 N–H and O–H groups in total. The number of nitrogens with one attached hydrogen (secondary N) is 1. The van der Waals surface area contributed by atoms with Crippen LogP contribution in [0.1, 0.15) is 40.8 Å². The van der Waals surface area contributed by atoms with Crippen molar-refractivity contribution in [2.45, 2.75) is 39.7 Å². The van der Waals surface area contributed by atoms with E-state index in [1.54, 1.807) is 23.5 Å². The second kappa shape index (κ2) is 9.00. The van der Waals surface area contributed by atoms with E-state index in [9.17, 15) is 4.39 Å². The summed E-state index contributed by atoms with van der Waals surface area (Å²) in [6, 6.07) is 6.54. The molecule has 0 radical (unpaired) electrons. The molecule has 0 aliphatic carbocycles. The normalized spacial score (nSPS) is 15.7. The number of oxazole rings is 1. The Kier molecular flexibility index (Phi) is 6.20. The first-order valence-electron chi connectivity index (χ1n) is 10.0. The smallest absolute Gasteiger partial charge is 0.208 e. The number of hydrogen-bond acceptors (Lipinski definition) is 7. The molecular weight excluding hydrogens is 389 g/mol. The molecule has 0 spiro atoms. The Balaban J connectivity index is 1.20. The average molecular weight is 416 g/mol. The molecule has 2 aromatic heterocycles. The summed E-state index contributed by atoms with van der Waals surface area (Å²) in [4.78, 5) is 6.89. The number of likely N-dealkylation sites (tertiary alicyclic amines) is 1. The summed E-state index contributed by atoms with van der Waals surface area (Å²) >= 11 is 1.57. The van der Waals surface area contributed by atoms with Crippen molar-refractivity contribution in [3.8, 4) is 0 Å². The highest BCUT2D eigenvalue weighted by atomic mass is 32.1. The summed E-state index contributed by atoms with van der Waals surface area (Å²) in [7, 11) is 0. The first kappa shape index (κ1) is 20.0. The first-order valence-corrected chi connectivity index (χ1v) is 10.8. The van der Waals surface area contributed by atoms with Crippen LogP contribution in [0.15, 0.2) is 28.7 Å². The number of aryl methyl sites for hydroxylation is 2. The first-order chi connectivity index (χ1) is 14.0. The Bertz CT molecular complexity index is 911. The van der Waals surface area contributed by atoms with Crippen molar-refractivity contribution < 1.29 is 8.81 Å². The monoisotopic (exact) mass is 415 g/mol. The van der Waals surface area contributed by atoms with E-state index in [0.717, 1.165) is 72.1 Å². The van der Waals surface area contributed by atoms with Crippen molar-refractivity contribution in [2.75, 3.05) is 25.0 Å². The second-order valence-corrected chi connectivity index (χ2v) is 8.72. The largest absolute Gasteiger partial charge is 0.444 e. The fraction of sp³-hybridized carbons (Fsp3) is 0.476. The third kappa shape index (κ3) is 5.39. The number of anilines is 1. The van der Waals surface area contributed by atoms with Crippen molar-refractivity contribution in [3.05, 3.63) is 58.0 Å². The van der Waals surface area contributed by atoms with Crippen LogP contribution in [0.2, 0.25) is 0 Å². The van der Waals surface area contributed by atoms with Gasteiger partial charge in [-0.3, -0.25) is 4.90 Å². The van der Waals surface area contributed by atoms with Gasteiger partial charge in [0, 0.05) is 13.0 Å². The lowest BCUT2D eigenvalue weighted by Crippen LogP contribution is -2.35. The molecule has 0 saturated carbocycles. The maximum Gasteiger partial charge on any atom is 0.208 e. The molecule has 6 nitrogen and oxygen atoms in total. The summed E-state index contributed by atoms with van der Waals surface area (Å²) in [5.74, 6) is 2.14. The molecule has 1 fully saturated rings. The molecule has 0 bridgehead atoms. The lowest BCUT2D eigenvalue weighted by atomic mass is 9.97. The fourth-order valence-corrected chi connectivity index (χ4v) is 4.33. The van der Waals surface area contributed by atoms with Gasteiger partial charge >= 0.3 is 0 Å². The van der Waals surface area contributed by atoms with Crippen molar-refractivity contribution in [2.24, 2.45) is 5.92 Å². The van der Waals surface area contributed by atoms with Gasteiger partial charge in [-0.2, -0.15) is 0 Å². The highest BCUT2D eigenvalue weighted by Gasteiger charge is 2.21. The molecule has 29 heavy (non-hydrogen) atoms. The van der Waals surface area contributed by atoms with Gasteiger partial charge in [0.15, 0.2) is 0 Å². The zero-order valence-electron chi connectivity index (χ0n) is 16.8. The van der Waals surface area contributed by atoms with Crippen LogP contribution in [0.5, 0.6) is 0 Å². The maximum absolute atomic E-state index is 13.0. The SMILES string of the molecule is Cc1nc(CN2CCC(CNc3nnc(Cc4ccc(F)cc4)s3)CC2)oc1C. The Morgan fingerprint density at radius 3 is 2.62 bits per heavy atom. The predicted molar refractivity (Wildman–Crippen MR) is 112 cm³/mol. The van der Waals surface area contributed by atoms with Crippen LogP contribution < -0.4 is 5.32 Å². The number of rotatable bonds is 7. The lowest BCUT2D eigenvalue weighted by molar-refractivity contribution is 0.167. The van der Waals surface area contributed by atoms with E-state index in [4.69, 9.17) is 4.42 Å². The van der Waals surface area contributed by atoms with Crippen LogP contribution in [-0.2, 0) is 13.0 Å². The van der Waals surface area contributed by atoms with E-state index in [2.05, 4.69) is 25.4 Å². The molecule has 1 saturated heterocycles. The minimum Gasteiger partial charge on any atom is -0.444 e. The molecule has 1 aliphatic heterocycles. The zero-order valence-corrected chi connectivity index (χ0v) is 17.6. The van der Waals surface area contributed by atoms with Crippen LogP contribution >= 0.6 is 11.3 Å². The molecule has 1 aliphatic rings. The summed E-state index contributed by atoms with van der Waals surface area (Å²) in [6.07, 6.45) is 2.97. The van der Waals surface area contributed by atoms with Crippen LogP contribution in [0.25, 0.3) is 0 Å². The molecule has 1 aromatic carbocycles. The van der Waals surface area contributed by atoms with Gasteiger partial charge in [0.1, 0.15) is 16.6 Å². The highest BCUT2D eigenvalue weighted by Crippen LogP contribution is 2.23. The predicted octanol–water partition coefficient (Wildman–Crippen LogP) is 4.20. The number of halogens is 1. The molecule has 8 heteroatoms. The third-order valence-corrected chi connectivity index (χ3v) is 6.30. The summed E-state index contributed by atoms with van der Waals surface area (Å²) in [6.45, 7) is 7.76.